The molecule has 0 radical (unpaired) electrons. The van der Waals surface area contributed by atoms with Gasteiger partial charge in [-0.15, -0.1) is 0 Å². The summed E-state index contributed by atoms with van der Waals surface area (Å²) in [6, 6.07) is 2.21. The van der Waals surface area contributed by atoms with E-state index < -0.39 is 5.54 Å². The zero-order valence-corrected chi connectivity index (χ0v) is 13.8. The fraction of sp³-hybridized carbons (Fsp3) is 0.611. The molecule has 0 spiro atoms. The van der Waals surface area contributed by atoms with E-state index in [1.807, 2.05) is 0 Å². The Morgan fingerprint density at radius 1 is 1.18 bits per heavy atom. The number of fused-ring (bicyclic) bond motifs is 1. The second-order valence-corrected chi connectivity index (χ2v) is 6.79. The van der Waals surface area contributed by atoms with Gasteiger partial charge in [0.2, 0.25) is 6.08 Å². The third-order valence-electron chi connectivity index (χ3n) is 5.18. The van der Waals surface area contributed by atoms with Crippen molar-refractivity contribution in [2.24, 2.45) is 4.99 Å². The van der Waals surface area contributed by atoms with Crippen molar-refractivity contribution in [3.05, 3.63) is 27.8 Å². The van der Waals surface area contributed by atoms with Crippen molar-refractivity contribution >= 4 is 17.7 Å². The number of hydrogen-bond donors (Lipinski definition) is 0. The maximum Gasteiger partial charge on any atom is 0.235 e. The van der Waals surface area contributed by atoms with Crippen LogP contribution < -0.4 is 4.74 Å². The lowest BCUT2D eigenvalue weighted by Crippen LogP contribution is -2.21. The molecule has 22 heavy (non-hydrogen) atoms. The Bertz CT molecular complexity index is 614. The highest BCUT2D eigenvalue weighted by molar-refractivity contribution is 6.33. The van der Waals surface area contributed by atoms with Crippen LogP contribution in [-0.4, -0.2) is 13.2 Å². The third-order valence-corrected chi connectivity index (χ3v) is 5.58. The minimum Gasteiger partial charge on any atom is -0.495 e. The highest BCUT2D eigenvalue weighted by atomic mass is 35.5. The molecule has 1 fully saturated rings. The first-order chi connectivity index (χ1) is 10.7. The van der Waals surface area contributed by atoms with E-state index in [4.69, 9.17) is 16.3 Å². The van der Waals surface area contributed by atoms with Crippen LogP contribution in [0.5, 0.6) is 5.75 Å². The van der Waals surface area contributed by atoms with Gasteiger partial charge in [0.15, 0.2) is 0 Å². The molecule has 4 heteroatoms. The molecular formula is C18H22ClNO2. The monoisotopic (exact) mass is 319 g/mol. The molecule has 0 amide bonds. The zero-order valence-electron chi connectivity index (χ0n) is 13.1. The van der Waals surface area contributed by atoms with E-state index in [0.717, 1.165) is 49.1 Å². The van der Waals surface area contributed by atoms with E-state index in [2.05, 4.69) is 11.1 Å². The molecule has 0 saturated heterocycles. The van der Waals surface area contributed by atoms with Gasteiger partial charge in [-0.3, -0.25) is 0 Å². The smallest absolute Gasteiger partial charge is 0.235 e. The number of halogens is 1. The first kappa shape index (κ1) is 15.6. The van der Waals surface area contributed by atoms with Crippen LogP contribution in [0.3, 0.4) is 0 Å². The van der Waals surface area contributed by atoms with E-state index in [1.165, 1.54) is 30.4 Å². The Labute approximate surface area is 136 Å². The number of nitrogens with zero attached hydrogens (tertiary/aromatic N) is 1. The van der Waals surface area contributed by atoms with Crippen LogP contribution in [0.15, 0.2) is 11.1 Å². The van der Waals surface area contributed by atoms with Crippen LogP contribution in [0.4, 0.5) is 0 Å². The Morgan fingerprint density at radius 3 is 2.59 bits per heavy atom. The van der Waals surface area contributed by atoms with E-state index in [0.29, 0.717) is 5.75 Å². The second kappa shape index (κ2) is 6.44. The Kier molecular flexibility index (Phi) is 4.56. The summed E-state index contributed by atoms with van der Waals surface area (Å²) in [7, 11) is 1.65. The van der Waals surface area contributed by atoms with Crippen molar-refractivity contribution < 1.29 is 9.53 Å². The van der Waals surface area contributed by atoms with Gasteiger partial charge >= 0.3 is 0 Å². The highest BCUT2D eigenvalue weighted by Gasteiger charge is 2.39. The van der Waals surface area contributed by atoms with Crippen LogP contribution in [0.25, 0.3) is 0 Å². The molecule has 0 aliphatic heterocycles. The van der Waals surface area contributed by atoms with Crippen molar-refractivity contribution in [3.63, 3.8) is 0 Å². The fourth-order valence-corrected chi connectivity index (χ4v) is 4.44. The van der Waals surface area contributed by atoms with Crippen LogP contribution in [0, 0.1) is 0 Å². The number of rotatable bonds is 3. The van der Waals surface area contributed by atoms with Crippen molar-refractivity contribution in [1.82, 2.24) is 0 Å². The van der Waals surface area contributed by atoms with Crippen LogP contribution in [-0.2, 0) is 23.2 Å². The molecule has 3 nitrogen and oxygen atoms in total. The van der Waals surface area contributed by atoms with Gasteiger partial charge in [-0.05, 0) is 55.7 Å². The molecule has 2 aliphatic rings. The number of benzene rings is 1. The van der Waals surface area contributed by atoms with Gasteiger partial charge in [-0.2, -0.15) is 4.99 Å². The standard InChI is InChI=1S/C18H22ClNO2/c1-22-17-15(18(20-12-21)9-5-6-10-18)11-13-7-3-2-4-8-14(13)16(17)19/h11H,2-10H2,1H3. The molecule has 0 atom stereocenters. The largest absolute Gasteiger partial charge is 0.495 e. The summed E-state index contributed by atoms with van der Waals surface area (Å²) >= 11 is 6.68. The lowest BCUT2D eigenvalue weighted by Gasteiger charge is -2.27. The van der Waals surface area contributed by atoms with Gasteiger partial charge in [0.05, 0.1) is 12.1 Å². The molecule has 1 saturated carbocycles. The summed E-state index contributed by atoms with van der Waals surface area (Å²) < 4.78 is 5.65. The van der Waals surface area contributed by atoms with E-state index in [9.17, 15) is 4.79 Å². The number of isocyanates is 1. The van der Waals surface area contributed by atoms with Crippen molar-refractivity contribution in [2.45, 2.75) is 63.3 Å². The summed E-state index contributed by atoms with van der Waals surface area (Å²) in [5.41, 5.74) is 3.04. The summed E-state index contributed by atoms with van der Waals surface area (Å²) in [6.45, 7) is 0. The van der Waals surface area contributed by atoms with Gasteiger partial charge in [0.1, 0.15) is 11.3 Å². The van der Waals surface area contributed by atoms with Crippen molar-refractivity contribution in [1.29, 1.82) is 0 Å². The van der Waals surface area contributed by atoms with Crippen LogP contribution in [0.1, 0.15) is 61.6 Å². The van der Waals surface area contributed by atoms with Crippen molar-refractivity contribution in [3.8, 4) is 5.75 Å². The molecule has 3 rings (SSSR count). The zero-order chi connectivity index (χ0) is 15.6. The number of hydrogen-bond acceptors (Lipinski definition) is 3. The van der Waals surface area contributed by atoms with Crippen LogP contribution in [0.2, 0.25) is 5.02 Å². The molecule has 1 aromatic rings. The molecule has 2 aliphatic carbocycles. The van der Waals surface area contributed by atoms with E-state index in [-0.39, 0.29) is 0 Å². The Morgan fingerprint density at radius 2 is 1.91 bits per heavy atom. The quantitative estimate of drug-likeness (QED) is 0.459. The fourth-order valence-electron chi connectivity index (χ4n) is 4.04. The number of methoxy groups -OCH3 is 1. The number of carbonyl (C=O) groups excluding carboxylic acids is 1. The summed E-state index contributed by atoms with van der Waals surface area (Å²) in [6.07, 6.45) is 11.3. The summed E-state index contributed by atoms with van der Waals surface area (Å²) in [5.74, 6) is 0.711. The molecule has 0 aromatic heterocycles. The molecule has 0 unspecified atom stereocenters. The minimum atomic E-state index is -0.488. The average Bonchev–Trinajstić information content (AvgIpc) is 2.86. The predicted molar refractivity (Wildman–Crippen MR) is 87.5 cm³/mol. The lowest BCUT2D eigenvalue weighted by atomic mass is 9.85. The first-order valence-electron chi connectivity index (χ1n) is 8.19. The number of ether oxygens (including phenoxy) is 1. The molecule has 0 N–H and O–H groups in total. The highest BCUT2D eigenvalue weighted by Crippen LogP contribution is 2.49. The van der Waals surface area contributed by atoms with Gasteiger partial charge in [-0.1, -0.05) is 30.9 Å². The first-order valence-corrected chi connectivity index (χ1v) is 8.57. The Hall–Kier alpha value is -1.31. The molecule has 0 bridgehead atoms. The number of aliphatic imine (C=N–C) groups is 1. The maximum absolute atomic E-state index is 11.0. The van der Waals surface area contributed by atoms with E-state index >= 15 is 0 Å². The molecule has 1 aromatic carbocycles. The van der Waals surface area contributed by atoms with Gasteiger partial charge < -0.3 is 4.74 Å². The van der Waals surface area contributed by atoms with Gasteiger partial charge in [0, 0.05) is 5.56 Å². The minimum absolute atomic E-state index is 0.488. The molecular weight excluding hydrogens is 298 g/mol. The van der Waals surface area contributed by atoms with Gasteiger partial charge in [0.25, 0.3) is 0 Å². The van der Waals surface area contributed by atoms with Gasteiger partial charge in [-0.25, -0.2) is 4.79 Å². The predicted octanol–water partition coefficient (Wildman–Crippen LogP) is 4.72. The average molecular weight is 320 g/mol. The molecule has 118 valence electrons. The summed E-state index contributed by atoms with van der Waals surface area (Å²) in [5, 5.41) is 0.726. The molecule has 0 heterocycles. The SMILES string of the molecule is COc1c(C2(N=C=O)CCCC2)cc2c(c1Cl)CCCCC2. The third kappa shape index (κ3) is 2.57. The second-order valence-electron chi connectivity index (χ2n) is 6.41. The number of aryl methyl sites for hydroxylation is 1. The maximum atomic E-state index is 11.0. The Balaban J connectivity index is 2.20. The normalized spacial score (nSPS) is 19.9. The van der Waals surface area contributed by atoms with Crippen molar-refractivity contribution in [2.75, 3.05) is 7.11 Å². The van der Waals surface area contributed by atoms with Crippen LogP contribution >= 0.6 is 11.6 Å². The topological polar surface area (TPSA) is 38.7 Å². The lowest BCUT2D eigenvalue weighted by molar-refractivity contribution is 0.378. The summed E-state index contributed by atoms with van der Waals surface area (Å²) in [4.78, 5) is 15.2. The van der Waals surface area contributed by atoms with E-state index in [1.54, 1.807) is 13.2 Å².